The van der Waals surface area contributed by atoms with Gasteiger partial charge in [0.15, 0.2) is 0 Å². The molecular formula is C60H111N2O6P. The minimum Gasteiger partial charge on any atom is -0.756 e. The van der Waals surface area contributed by atoms with Crippen molar-refractivity contribution in [1.82, 2.24) is 5.32 Å². The van der Waals surface area contributed by atoms with Crippen LogP contribution in [-0.4, -0.2) is 68.5 Å². The summed E-state index contributed by atoms with van der Waals surface area (Å²) in [5.74, 6) is -0.212. The summed E-state index contributed by atoms with van der Waals surface area (Å²) in [7, 11) is 1.23. The number of phosphoric acid groups is 1. The van der Waals surface area contributed by atoms with E-state index in [0.29, 0.717) is 17.4 Å². The molecule has 1 amide bonds. The second-order valence-corrected chi connectivity index (χ2v) is 22.0. The Bertz CT molecular complexity index is 1350. The molecule has 0 heterocycles. The van der Waals surface area contributed by atoms with E-state index in [2.05, 4.69) is 79.9 Å². The molecule has 0 saturated heterocycles. The number of unbranched alkanes of at least 4 members (excludes halogenated alkanes) is 29. The molecule has 8 nitrogen and oxygen atoms in total. The predicted molar refractivity (Wildman–Crippen MR) is 297 cm³/mol. The molecule has 0 saturated carbocycles. The fourth-order valence-electron chi connectivity index (χ4n) is 8.07. The van der Waals surface area contributed by atoms with Crippen LogP contribution >= 0.6 is 7.82 Å². The lowest BCUT2D eigenvalue weighted by atomic mass is 10.0. The number of hydrogen-bond acceptors (Lipinski definition) is 6. The number of amides is 1. The van der Waals surface area contributed by atoms with Crippen LogP contribution in [0.15, 0.2) is 72.9 Å². The van der Waals surface area contributed by atoms with Gasteiger partial charge in [0.1, 0.15) is 13.2 Å². The van der Waals surface area contributed by atoms with Crippen LogP contribution in [0, 0.1) is 0 Å². The fourth-order valence-corrected chi connectivity index (χ4v) is 8.80. The number of carbonyl (C=O) groups excluding carboxylic acids is 1. The van der Waals surface area contributed by atoms with Gasteiger partial charge in [0.2, 0.25) is 5.91 Å². The lowest BCUT2D eigenvalue weighted by Gasteiger charge is -2.29. The summed E-state index contributed by atoms with van der Waals surface area (Å²) in [6, 6.07) is -0.911. The number of nitrogens with zero attached hydrogens (tertiary/aromatic N) is 1. The SMILES string of the molecule is CCCCCC/C=C/CC/C=C/CC/C=C/C(O)C(COP(=O)([O-])OCC[N+](C)(C)C)NC(=O)CCCCCCCCCCCCCCCCCCCC/C=C\C/C=C\C/C=C\CCCCCCC. The molecule has 402 valence electrons. The summed E-state index contributed by atoms with van der Waals surface area (Å²) >= 11 is 0. The molecule has 0 radical (unpaired) electrons. The first-order valence-corrected chi connectivity index (χ1v) is 30.3. The molecule has 3 atom stereocenters. The molecule has 0 aromatic heterocycles. The highest BCUT2D eigenvalue weighted by molar-refractivity contribution is 7.45. The van der Waals surface area contributed by atoms with E-state index in [0.717, 1.165) is 64.2 Å². The maximum Gasteiger partial charge on any atom is 0.268 e. The molecule has 0 fully saturated rings. The number of nitrogens with one attached hydrogen (secondary N) is 1. The van der Waals surface area contributed by atoms with Crippen molar-refractivity contribution in [2.45, 2.75) is 264 Å². The minimum atomic E-state index is -4.61. The number of phosphoric ester groups is 1. The van der Waals surface area contributed by atoms with Crippen molar-refractivity contribution < 1.29 is 32.9 Å². The third kappa shape index (κ3) is 53.6. The lowest BCUT2D eigenvalue weighted by Crippen LogP contribution is -2.45. The number of hydrogen-bond donors (Lipinski definition) is 2. The van der Waals surface area contributed by atoms with Gasteiger partial charge in [0.05, 0.1) is 39.9 Å². The Labute approximate surface area is 427 Å². The number of aliphatic hydroxyl groups excluding tert-OH is 1. The van der Waals surface area contributed by atoms with Gasteiger partial charge in [-0.3, -0.25) is 9.36 Å². The molecule has 0 aromatic carbocycles. The van der Waals surface area contributed by atoms with E-state index in [9.17, 15) is 19.4 Å². The Hall–Kier alpha value is -2.06. The Balaban J connectivity index is 4.08. The zero-order valence-electron chi connectivity index (χ0n) is 45.8. The summed E-state index contributed by atoms with van der Waals surface area (Å²) in [4.78, 5) is 25.4. The van der Waals surface area contributed by atoms with Gasteiger partial charge < -0.3 is 28.8 Å². The Morgan fingerprint density at radius 3 is 1.29 bits per heavy atom. The third-order valence-electron chi connectivity index (χ3n) is 12.6. The van der Waals surface area contributed by atoms with E-state index >= 15 is 0 Å². The van der Waals surface area contributed by atoms with Crippen LogP contribution in [0.1, 0.15) is 251 Å². The Morgan fingerprint density at radius 1 is 0.507 bits per heavy atom. The Kier molecular flexibility index (Phi) is 49.3. The second-order valence-electron chi connectivity index (χ2n) is 20.6. The molecule has 0 spiro atoms. The van der Waals surface area contributed by atoms with Crippen LogP contribution in [0.2, 0.25) is 0 Å². The van der Waals surface area contributed by atoms with Gasteiger partial charge in [-0.2, -0.15) is 0 Å². The number of quaternary nitrogens is 1. The van der Waals surface area contributed by atoms with Crippen LogP contribution in [-0.2, 0) is 18.4 Å². The van der Waals surface area contributed by atoms with E-state index in [-0.39, 0.29) is 12.5 Å². The highest BCUT2D eigenvalue weighted by Gasteiger charge is 2.23. The van der Waals surface area contributed by atoms with Gasteiger partial charge in [0.25, 0.3) is 7.82 Å². The van der Waals surface area contributed by atoms with Gasteiger partial charge in [-0.1, -0.05) is 234 Å². The normalized spacial score (nSPS) is 14.5. The number of aliphatic hydroxyl groups is 1. The first kappa shape index (κ1) is 66.9. The molecule has 0 rings (SSSR count). The molecule has 9 heteroatoms. The van der Waals surface area contributed by atoms with Gasteiger partial charge in [-0.25, -0.2) is 0 Å². The van der Waals surface area contributed by atoms with Crippen LogP contribution in [0.5, 0.6) is 0 Å². The fraction of sp³-hybridized carbons (Fsp3) is 0.783. The van der Waals surface area contributed by atoms with Crippen LogP contribution in [0.4, 0.5) is 0 Å². The second kappa shape index (κ2) is 50.9. The highest BCUT2D eigenvalue weighted by Crippen LogP contribution is 2.38. The smallest absolute Gasteiger partial charge is 0.268 e. The molecule has 0 aliphatic carbocycles. The van der Waals surface area contributed by atoms with Crippen molar-refractivity contribution in [3.63, 3.8) is 0 Å². The minimum absolute atomic E-state index is 0.0105. The Morgan fingerprint density at radius 2 is 0.855 bits per heavy atom. The van der Waals surface area contributed by atoms with Crippen molar-refractivity contribution in [2.75, 3.05) is 40.9 Å². The van der Waals surface area contributed by atoms with Crippen molar-refractivity contribution in [2.24, 2.45) is 0 Å². The van der Waals surface area contributed by atoms with Crippen LogP contribution in [0.3, 0.4) is 0 Å². The van der Waals surface area contributed by atoms with Crippen molar-refractivity contribution in [3.05, 3.63) is 72.9 Å². The summed E-state index contributed by atoms with van der Waals surface area (Å²) in [6.45, 7) is 4.59. The molecule has 69 heavy (non-hydrogen) atoms. The van der Waals surface area contributed by atoms with Crippen LogP contribution < -0.4 is 10.2 Å². The largest absolute Gasteiger partial charge is 0.756 e. The van der Waals surface area contributed by atoms with E-state index in [1.807, 2.05) is 27.2 Å². The number of carbonyl (C=O) groups is 1. The monoisotopic (exact) mass is 987 g/mol. The van der Waals surface area contributed by atoms with E-state index in [4.69, 9.17) is 9.05 Å². The first-order chi connectivity index (χ1) is 33.5. The maximum absolute atomic E-state index is 12.9. The van der Waals surface area contributed by atoms with E-state index < -0.39 is 26.6 Å². The number of rotatable bonds is 52. The molecule has 2 N–H and O–H groups in total. The highest BCUT2D eigenvalue weighted by atomic mass is 31.2. The maximum atomic E-state index is 12.9. The molecular weight excluding hydrogens is 876 g/mol. The predicted octanol–water partition coefficient (Wildman–Crippen LogP) is 16.9. The zero-order chi connectivity index (χ0) is 50.6. The lowest BCUT2D eigenvalue weighted by molar-refractivity contribution is -0.870. The average molecular weight is 988 g/mol. The van der Waals surface area contributed by atoms with Crippen LogP contribution in [0.25, 0.3) is 0 Å². The number of allylic oxidation sites excluding steroid dienone is 11. The summed E-state index contributed by atoms with van der Waals surface area (Å²) < 4.78 is 23.3. The molecule has 3 unspecified atom stereocenters. The summed E-state index contributed by atoms with van der Waals surface area (Å²) in [5.41, 5.74) is 0. The third-order valence-corrected chi connectivity index (χ3v) is 13.6. The van der Waals surface area contributed by atoms with E-state index in [1.54, 1.807) is 6.08 Å². The van der Waals surface area contributed by atoms with Crippen molar-refractivity contribution in [1.29, 1.82) is 0 Å². The molecule has 0 aliphatic heterocycles. The standard InChI is InChI=1S/C60H111N2O6P/c1-6-8-10-12-14-16-18-20-22-23-24-25-26-27-28-29-30-31-32-33-34-35-36-37-38-39-40-42-44-46-48-50-52-54-60(64)61-58(57-68-69(65,66)67-56-55-62(3,4)5)59(63)53-51-49-47-45-43-41-21-19-17-15-13-11-9-7-2/h17-20,23-24,26-27,43,45,51,53,58-59,63H,6-16,21-22,25,28-42,44,46-50,52,54-57H2,1-5H3,(H-,61,64,65,66)/b19-17+,20-18-,24-23-,27-26-,45-43+,53-51+. The van der Waals surface area contributed by atoms with Gasteiger partial charge in [-0.05, 0) is 83.5 Å². The zero-order valence-corrected chi connectivity index (χ0v) is 46.6. The first-order valence-electron chi connectivity index (χ1n) is 28.8. The van der Waals surface area contributed by atoms with Gasteiger partial charge in [-0.15, -0.1) is 0 Å². The summed E-state index contributed by atoms with van der Waals surface area (Å²) in [5, 5.41) is 13.8. The quantitative estimate of drug-likeness (QED) is 0.0272. The average Bonchev–Trinajstić information content (AvgIpc) is 3.31. The van der Waals surface area contributed by atoms with Crippen molar-refractivity contribution in [3.8, 4) is 0 Å². The number of likely N-dealkylation sites (N-methyl/N-ethyl adjacent to an activating group) is 1. The molecule has 0 bridgehead atoms. The summed E-state index contributed by atoms with van der Waals surface area (Å²) in [6.07, 6.45) is 69.9. The van der Waals surface area contributed by atoms with Gasteiger partial charge in [0, 0.05) is 6.42 Å². The molecule has 0 aliphatic rings. The van der Waals surface area contributed by atoms with Crippen molar-refractivity contribution >= 4 is 13.7 Å². The topological polar surface area (TPSA) is 108 Å². The van der Waals surface area contributed by atoms with E-state index in [1.165, 1.54) is 167 Å². The van der Waals surface area contributed by atoms with Gasteiger partial charge >= 0.3 is 0 Å². The molecule has 0 aromatic rings.